The van der Waals surface area contributed by atoms with Gasteiger partial charge in [-0.1, -0.05) is 64.7 Å². The normalized spacial score (nSPS) is 23.7. The maximum Gasteiger partial charge on any atom is 0.309 e. The van der Waals surface area contributed by atoms with Gasteiger partial charge in [0.25, 0.3) is 0 Å². The fourth-order valence-corrected chi connectivity index (χ4v) is 5.92. The molecule has 45 heavy (non-hydrogen) atoms. The summed E-state index contributed by atoms with van der Waals surface area (Å²) in [7, 11) is 1.29. The minimum atomic E-state index is -2.35. The molecule has 1 aliphatic heterocycles. The highest BCUT2D eigenvalue weighted by molar-refractivity contribution is 5.72. The Morgan fingerprint density at radius 1 is 0.933 bits per heavy atom. The number of nitrogens with zero attached hydrogens (tertiary/aromatic N) is 1. The number of aliphatic hydroxyl groups excluding tert-OH is 1. The van der Waals surface area contributed by atoms with Gasteiger partial charge < -0.3 is 45.2 Å². The van der Waals surface area contributed by atoms with Gasteiger partial charge in [0, 0.05) is 39.4 Å². The van der Waals surface area contributed by atoms with Crippen molar-refractivity contribution in [2.24, 2.45) is 11.8 Å². The Morgan fingerprint density at radius 3 is 2.18 bits per heavy atom. The summed E-state index contributed by atoms with van der Waals surface area (Å²) in [6, 6.07) is 0. The van der Waals surface area contributed by atoms with Crippen LogP contribution in [0, 0.1) is 11.8 Å². The molecule has 2 aliphatic rings. The molecule has 1 aliphatic carbocycles. The molecule has 0 aromatic heterocycles. The summed E-state index contributed by atoms with van der Waals surface area (Å²) in [6.45, 7) is 0.896. The molecule has 7 N–H and O–H groups in total. The molecule has 2 rings (SSSR count). The van der Waals surface area contributed by atoms with Gasteiger partial charge in [-0.25, -0.2) is 0 Å². The van der Waals surface area contributed by atoms with Crippen molar-refractivity contribution in [1.82, 2.24) is 4.90 Å². The standard InChI is InChI=1S/C32H61NO12/c1-3-4-5-6-7-8-14-27(21-26-12-11-13-26)28(35)43-25-32(41)18-17-31(40,44-45-32)23-33(19-9-10-20-34)22-29(36,37)15-16-30(38,39)24-42-2/h26-27,34,36-41H,3-25H2,1-2H3. The Hall–Kier alpha value is -0.970. The molecule has 0 aromatic carbocycles. The van der Waals surface area contributed by atoms with Crippen molar-refractivity contribution in [1.29, 1.82) is 0 Å². The minimum Gasteiger partial charge on any atom is -0.460 e. The van der Waals surface area contributed by atoms with Crippen LogP contribution in [0.3, 0.4) is 0 Å². The predicted octanol–water partition coefficient (Wildman–Crippen LogP) is 2.07. The van der Waals surface area contributed by atoms with Crippen molar-refractivity contribution in [3.8, 4) is 0 Å². The molecule has 0 spiro atoms. The van der Waals surface area contributed by atoms with Gasteiger partial charge in [0.1, 0.15) is 6.61 Å². The summed E-state index contributed by atoms with van der Waals surface area (Å²) in [5.41, 5.74) is 0. The lowest BCUT2D eigenvalue weighted by Crippen LogP contribution is -2.56. The summed E-state index contributed by atoms with van der Waals surface area (Å²) in [4.78, 5) is 25.0. The smallest absolute Gasteiger partial charge is 0.309 e. The molecule has 13 heteroatoms. The first-order valence-electron chi connectivity index (χ1n) is 16.9. The number of esters is 1. The van der Waals surface area contributed by atoms with Gasteiger partial charge in [0.2, 0.25) is 11.6 Å². The van der Waals surface area contributed by atoms with Crippen molar-refractivity contribution in [3.05, 3.63) is 0 Å². The number of hydrogen-bond acceptors (Lipinski definition) is 13. The summed E-state index contributed by atoms with van der Waals surface area (Å²) < 4.78 is 10.3. The SMILES string of the molecule is CCCCCCCCC(CC1CCC1)C(=O)OCC1(O)CCC(O)(CN(CCCCO)CC(O)(O)CCC(O)(O)COC)OO1. The van der Waals surface area contributed by atoms with Gasteiger partial charge in [0.05, 0.1) is 25.6 Å². The highest BCUT2D eigenvalue weighted by Gasteiger charge is 2.46. The second kappa shape index (κ2) is 19.8. The van der Waals surface area contributed by atoms with Crippen molar-refractivity contribution >= 4 is 5.97 Å². The van der Waals surface area contributed by atoms with Crippen LogP contribution in [0.2, 0.25) is 0 Å². The highest BCUT2D eigenvalue weighted by Crippen LogP contribution is 2.36. The molecule has 1 heterocycles. The minimum absolute atomic E-state index is 0.0676. The molecule has 3 atom stereocenters. The molecule has 1 saturated carbocycles. The van der Waals surface area contributed by atoms with Crippen LogP contribution in [0.5, 0.6) is 0 Å². The van der Waals surface area contributed by atoms with Crippen LogP contribution >= 0.6 is 0 Å². The molecule has 266 valence electrons. The van der Waals surface area contributed by atoms with E-state index < -0.39 is 42.8 Å². The van der Waals surface area contributed by atoms with Gasteiger partial charge in [0.15, 0.2) is 11.6 Å². The van der Waals surface area contributed by atoms with E-state index in [-0.39, 0.29) is 57.4 Å². The molecular formula is C32H61NO12. The second-order valence-corrected chi connectivity index (χ2v) is 13.5. The van der Waals surface area contributed by atoms with Crippen LogP contribution in [0.4, 0.5) is 0 Å². The van der Waals surface area contributed by atoms with E-state index in [9.17, 15) is 40.5 Å². The maximum atomic E-state index is 13.1. The number of unbranched alkanes of at least 4 members (excludes halogenated alkanes) is 6. The fraction of sp³-hybridized carbons (Fsp3) is 0.969. The quantitative estimate of drug-likeness (QED) is 0.0328. The average Bonchev–Trinajstić information content (AvgIpc) is 2.95. The Bertz CT molecular complexity index is 814. The van der Waals surface area contributed by atoms with Crippen LogP contribution < -0.4 is 0 Å². The second-order valence-electron chi connectivity index (χ2n) is 13.5. The topological polar surface area (TPSA) is 199 Å². The Morgan fingerprint density at radius 2 is 1.58 bits per heavy atom. The van der Waals surface area contributed by atoms with Crippen molar-refractivity contribution in [2.75, 3.05) is 46.6 Å². The lowest BCUT2D eigenvalue weighted by molar-refractivity contribution is -0.524. The molecule has 0 aromatic rings. The van der Waals surface area contributed by atoms with E-state index in [4.69, 9.17) is 19.2 Å². The molecular weight excluding hydrogens is 590 g/mol. The number of aliphatic hydroxyl groups is 7. The Balaban J connectivity index is 1.89. The van der Waals surface area contributed by atoms with Gasteiger partial charge in [-0.3, -0.25) is 9.69 Å². The average molecular weight is 652 g/mol. The van der Waals surface area contributed by atoms with Gasteiger partial charge in [-0.05, 0) is 38.1 Å². The van der Waals surface area contributed by atoms with Crippen LogP contribution in [0.25, 0.3) is 0 Å². The van der Waals surface area contributed by atoms with E-state index in [1.165, 1.54) is 37.7 Å². The number of ether oxygens (including phenoxy) is 2. The summed E-state index contributed by atoms with van der Waals surface area (Å²) in [5.74, 6) is -8.52. The largest absolute Gasteiger partial charge is 0.460 e. The lowest BCUT2D eigenvalue weighted by Gasteiger charge is -2.42. The van der Waals surface area contributed by atoms with Crippen molar-refractivity contribution in [3.63, 3.8) is 0 Å². The van der Waals surface area contributed by atoms with E-state index in [2.05, 4.69) is 6.92 Å². The number of rotatable bonds is 25. The maximum absolute atomic E-state index is 13.1. The third-order valence-corrected chi connectivity index (χ3v) is 8.91. The van der Waals surface area contributed by atoms with Gasteiger partial charge >= 0.3 is 5.97 Å². The van der Waals surface area contributed by atoms with Crippen molar-refractivity contribution in [2.45, 2.75) is 139 Å². The summed E-state index contributed by atoms with van der Waals surface area (Å²) in [5, 5.41) is 72.2. The summed E-state index contributed by atoms with van der Waals surface area (Å²) in [6.07, 6.45) is 11.7. The summed E-state index contributed by atoms with van der Waals surface area (Å²) >= 11 is 0. The number of carbonyl (C=O) groups is 1. The zero-order valence-electron chi connectivity index (χ0n) is 27.5. The van der Waals surface area contributed by atoms with Gasteiger partial charge in [-0.15, -0.1) is 0 Å². The molecule has 2 fully saturated rings. The number of carbonyl (C=O) groups excluding carboxylic acids is 1. The lowest BCUT2D eigenvalue weighted by atomic mass is 9.78. The molecule has 0 bridgehead atoms. The number of hydrogen-bond donors (Lipinski definition) is 7. The molecule has 3 unspecified atom stereocenters. The van der Waals surface area contributed by atoms with E-state index in [1.54, 1.807) is 0 Å². The zero-order valence-corrected chi connectivity index (χ0v) is 27.5. The van der Waals surface area contributed by atoms with Crippen LogP contribution in [-0.4, -0.2) is 116 Å². The molecule has 1 saturated heterocycles. The fourth-order valence-electron chi connectivity index (χ4n) is 5.92. The molecule has 0 radical (unpaired) electrons. The molecule has 0 amide bonds. The first-order valence-corrected chi connectivity index (χ1v) is 16.9. The first kappa shape index (κ1) is 40.2. The monoisotopic (exact) mass is 651 g/mol. The van der Waals surface area contributed by atoms with E-state index >= 15 is 0 Å². The van der Waals surface area contributed by atoms with E-state index in [1.807, 2.05) is 0 Å². The third-order valence-electron chi connectivity index (χ3n) is 8.91. The Kier molecular flexibility index (Phi) is 17.7. The van der Waals surface area contributed by atoms with E-state index in [0.29, 0.717) is 18.8 Å². The Labute approximate surface area is 268 Å². The third kappa shape index (κ3) is 16.1. The predicted molar refractivity (Wildman–Crippen MR) is 164 cm³/mol. The van der Waals surface area contributed by atoms with Crippen LogP contribution in [0.1, 0.15) is 116 Å². The van der Waals surface area contributed by atoms with Gasteiger partial charge in [-0.2, -0.15) is 9.78 Å². The highest BCUT2D eigenvalue weighted by atomic mass is 17.3. The molecule has 13 nitrogen and oxygen atoms in total. The van der Waals surface area contributed by atoms with E-state index in [0.717, 1.165) is 44.9 Å². The van der Waals surface area contributed by atoms with Crippen molar-refractivity contribution < 1.29 is 59.8 Å². The van der Waals surface area contributed by atoms with Crippen LogP contribution in [0.15, 0.2) is 0 Å². The zero-order chi connectivity index (χ0) is 33.4. The first-order chi connectivity index (χ1) is 21.2. The number of methoxy groups -OCH3 is 1. The van der Waals surface area contributed by atoms with Crippen LogP contribution in [-0.2, 0) is 24.0 Å².